The minimum Gasteiger partial charge on any atom is -0.312 e. The lowest BCUT2D eigenvalue weighted by molar-refractivity contribution is 0.889. The topological polar surface area (TPSA) is 57.4 Å². The molecule has 1 aliphatic carbocycles. The maximum absolute atomic E-state index is 10.3. The third-order valence-electron chi connectivity index (χ3n) is 9.64. The Balaban J connectivity index is 1.26. The fourth-order valence-electron chi connectivity index (χ4n) is 7.57. The van der Waals surface area contributed by atoms with Crippen molar-refractivity contribution in [2.45, 2.75) is 12.8 Å². The second-order valence-corrected chi connectivity index (χ2v) is 12.3. The minimum atomic E-state index is 0.547. The monoisotopic (exact) mass is 612 g/mol. The van der Waals surface area contributed by atoms with Crippen molar-refractivity contribution < 1.29 is 0 Å². The van der Waals surface area contributed by atoms with E-state index in [0.29, 0.717) is 11.1 Å². The molecule has 224 valence electrons. The van der Waals surface area contributed by atoms with Gasteiger partial charge in [-0.3, -0.25) is 0 Å². The first-order chi connectivity index (χ1) is 23.7. The Kier molecular flexibility index (Phi) is 6.35. The van der Waals surface area contributed by atoms with E-state index in [4.69, 9.17) is 0 Å². The Hall–Kier alpha value is -6.62. The highest BCUT2D eigenvalue weighted by atomic mass is 15.0. The Morgan fingerprint density at radius 1 is 0.542 bits per heavy atom. The van der Waals surface area contributed by atoms with Crippen molar-refractivity contribution in [2.75, 3.05) is 0 Å². The summed E-state index contributed by atoms with van der Waals surface area (Å²) in [7, 11) is 0. The predicted octanol–water partition coefficient (Wildman–Crippen LogP) is 10.8. The lowest BCUT2D eigenvalue weighted by Crippen LogP contribution is -2.04. The molecule has 0 fully saturated rings. The van der Waals surface area contributed by atoms with Gasteiger partial charge in [0.2, 0.25) is 0 Å². The van der Waals surface area contributed by atoms with Gasteiger partial charge in [0.05, 0.1) is 45.5 Å². The highest BCUT2D eigenvalue weighted by molar-refractivity contribution is 6.09. The maximum Gasteiger partial charge on any atom is 0.0998 e. The summed E-state index contributed by atoms with van der Waals surface area (Å²) in [5.41, 5.74) is 12.7. The molecule has 2 heterocycles. The van der Waals surface area contributed by atoms with Crippen LogP contribution in [-0.4, -0.2) is 9.13 Å². The smallest absolute Gasteiger partial charge is 0.0998 e. The molecule has 0 unspecified atom stereocenters. The number of nitriles is 2. The number of hydrogen-bond donors (Lipinski definition) is 0. The van der Waals surface area contributed by atoms with Gasteiger partial charge in [-0.2, -0.15) is 10.5 Å². The van der Waals surface area contributed by atoms with Crippen molar-refractivity contribution in [3.63, 3.8) is 0 Å². The van der Waals surface area contributed by atoms with E-state index in [1.54, 1.807) is 0 Å². The molecule has 0 N–H and O–H groups in total. The van der Waals surface area contributed by atoms with E-state index in [1.165, 1.54) is 32.9 Å². The molecule has 0 saturated carbocycles. The van der Waals surface area contributed by atoms with Crippen LogP contribution in [0.4, 0.5) is 0 Å². The van der Waals surface area contributed by atoms with Gasteiger partial charge in [-0.05, 0) is 84.6 Å². The fourth-order valence-corrected chi connectivity index (χ4v) is 7.57. The Labute approximate surface area is 278 Å². The summed E-state index contributed by atoms with van der Waals surface area (Å²) >= 11 is 0. The summed E-state index contributed by atoms with van der Waals surface area (Å²) in [6.07, 6.45) is 6.47. The van der Waals surface area contributed by atoms with Crippen LogP contribution in [-0.2, 0) is 6.42 Å². The van der Waals surface area contributed by atoms with Crippen LogP contribution >= 0.6 is 0 Å². The molecule has 8 aromatic rings. The van der Waals surface area contributed by atoms with E-state index in [-0.39, 0.29) is 0 Å². The van der Waals surface area contributed by atoms with E-state index in [9.17, 15) is 10.5 Å². The molecule has 9 rings (SSSR count). The summed E-state index contributed by atoms with van der Waals surface area (Å²) in [6, 6.07) is 50.7. The van der Waals surface area contributed by atoms with Crippen LogP contribution in [0.5, 0.6) is 0 Å². The van der Waals surface area contributed by atoms with Crippen molar-refractivity contribution in [1.82, 2.24) is 9.13 Å². The third kappa shape index (κ3) is 4.21. The standard InChI is InChI=1S/C44H28N4/c45-27-29-23-31(34-11-1-6-16-40(34)48-43-19-9-4-14-37(43)38-15-5-10-20-44(38)48)25-32(24-29)39-26-33(22-21-30(39)28-46)47-41-17-7-2-12-35(41)36-13-3-8-18-42(36)47/h1-9,11-19,21-26H,10,20H2. The summed E-state index contributed by atoms with van der Waals surface area (Å²) in [4.78, 5) is 0. The van der Waals surface area contributed by atoms with Crippen LogP contribution in [0, 0.1) is 22.7 Å². The van der Waals surface area contributed by atoms with Gasteiger partial charge in [-0.25, -0.2) is 0 Å². The molecule has 1 aliphatic rings. The summed E-state index contributed by atoms with van der Waals surface area (Å²) < 4.78 is 4.65. The second-order valence-electron chi connectivity index (χ2n) is 12.3. The van der Waals surface area contributed by atoms with Crippen LogP contribution < -0.4 is 0 Å². The Morgan fingerprint density at radius 3 is 1.88 bits per heavy atom. The van der Waals surface area contributed by atoms with Gasteiger partial charge in [0.25, 0.3) is 0 Å². The molecule has 2 aromatic heterocycles. The van der Waals surface area contributed by atoms with Crippen molar-refractivity contribution in [2.24, 2.45) is 0 Å². The number of benzene rings is 6. The lowest BCUT2D eigenvalue weighted by Gasteiger charge is -2.18. The van der Waals surface area contributed by atoms with E-state index >= 15 is 0 Å². The molecule has 6 aromatic carbocycles. The number of nitrogens with zero attached hydrogens (tertiary/aromatic N) is 4. The van der Waals surface area contributed by atoms with Crippen molar-refractivity contribution in [3.8, 4) is 45.8 Å². The van der Waals surface area contributed by atoms with Gasteiger partial charge in [0.1, 0.15) is 0 Å². The number of aromatic nitrogens is 2. The van der Waals surface area contributed by atoms with Gasteiger partial charge in [0.15, 0.2) is 0 Å². The molecule has 0 bridgehead atoms. The van der Waals surface area contributed by atoms with Crippen LogP contribution in [0.1, 0.15) is 28.8 Å². The molecule has 0 atom stereocenters. The van der Waals surface area contributed by atoms with Gasteiger partial charge >= 0.3 is 0 Å². The van der Waals surface area contributed by atoms with Crippen molar-refractivity contribution in [1.29, 1.82) is 10.5 Å². The zero-order valence-electron chi connectivity index (χ0n) is 26.1. The predicted molar refractivity (Wildman–Crippen MR) is 195 cm³/mol. The summed E-state index contributed by atoms with van der Waals surface area (Å²) in [5, 5.41) is 24.2. The van der Waals surface area contributed by atoms with Crippen LogP contribution in [0.25, 0.3) is 72.4 Å². The zero-order valence-corrected chi connectivity index (χ0v) is 26.1. The molecule has 48 heavy (non-hydrogen) atoms. The van der Waals surface area contributed by atoms with E-state index in [0.717, 1.165) is 57.5 Å². The van der Waals surface area contributed by atoms with E-state index in [2.05, 4.69) is 143 Å². The molecule has 4 nitrogen and oxygen atoms in total. The Morgan fingerprint density at radius 2 is 1.17 bits per heavy atom. The number of rotatable bonds is 4. The SMILES string of the molecule is N#Cc1cc(-c2cc(-n3c4ccccc4c4ccccc43)ccc2C#N)cc(-c2ccccc2-n2c3c(c4ccccc42)C=CCC3)c1. The van der Waals surface area contributed by atoms with Crippen molar-refractivity contribution >= 4 is 38.8 Å². The summed E-state index contributed by atoms with van der Waals surface area (Å²) in [6.45, 7) is 0. The minimum absolute atomic E-state index is 0.547. The maximum atomic E-state index is 10.3. The van der Waals surface area contributed by atoms with Crippen LogP contribution in [0.2, 0.25) is 0 Å². The van der Waals surface area contributed by atoms with Gasteiger partial charge in [-0.15, -0.1) is 0 Å². The Bertz CT molecular complexity index is 2650. The molecular formula is C44H28N4. The molecule has 0 spiro atoms. The molecular weight excluding hydrogens is 585 g/mol. The molecule has 4 heteroatoms. The van der Waals surface area contributed by atoms with E-state index < -0.39 is 0 Å². The largest absolute Gasteiger partial charge is 0.312 e. The first-order valence-corrected chi connectivity index (χ1v) is 16.2. The van der Waals surface area contributed by atoms with Gasteiger partial charge in [0, 0.05) is 44.2 Å². The summed E-state index contributed by atoms with van der Waals surface area (Å²) in [5.74, 6) is 0. The molecule has 0 aliphatic heterocycles. The quantitative estimate of drug-likeness (QED) is 0.199. The van der Waals surface area contributed by atoms with Crippen LogP contribution in [0.3, 0.4) is 0 Å². The average molecular weight is 613 g/mol. The highest BCUT2D eigenvalue weighted by Gasteiger charge is 2.21. The third-order valence-corrected chi connectivity index (χ3v) is 9.64. The first kappa shape index (κ1) is 27.7. The normalized spacial score (nSPS) is 12.3. The molecule has 0 radical (unpaired) electrons. The highest BCUT2D eigenvalue weighted by Crippen LogP contribution is 2.40. The van der Waals surface area contributed by atoms with Crippen molar-refractivity contribution in [3.05, 3.63) is 162 Å². The number of fused-ring (bicyclic) bond motifs is 6. The zero-order chi connectivity index (χ0) is 32.2. The number of allylic oxidation sites excluding steroid dienone is 1. The fraction of sp³-hybridized carbons (Fsp3) is 0.0455. The van der Waals surface area contributed by atoms with Gasteiger partial charge in [-0.1, -0.05) is 84.9 Å². The first-order valence-electron chi connectivity index (χ1n) is 16.2. The van der Waals surface area contributed by atoms with Gasteiger partial charge < -0.3 is 9.13 Å². The van der Waals surface area contributed by atoms with E-state index in [1.807, 2.05) is 24.3 Å². The van der Waals surface area contributed by atoms with Crippen LogP contribution in [0.15, 0.2) is 140 Å². The molecule has 0 saturated heterocycles. The average Bonchev–Trinajstić information content (AvgIpc) is 3.67. The number of para-hydroxylation sites is 4. The number of hydrogen-bond acceptors (Lipinski definition) is 2. The second kappa shape index (κ2) is 11.0. The molecule has 0 amide bonds. The lowest BCUT2D eigenvalue weighted by atomic mass is 9.93.